The minimum atomic E-state index is -0.343. The van der Waals surface area contributed by atoms with E-state index in [2.05, 4.69) is 64.8 Å². The highest BCUT2D eigenvalue weighted by Crippen LogP contribution is 2.31. The second-order valence-corrected chi connectivity index (χ2v) is 9.15. The molecule has 0 atom stereocenters. The standard InChI is InChI=1S/C27H24N4O2S/c1-4-19-6-8-23-21(15-25(32)33-24(23)14-19)16-34-27-30-29-26(20-9-11-28-12-10-20)31(27)22-7-5-17(2)18(3)13-22/h5-15H,4,16H2,1-3H3. The summed E-state index contributed by atoms with van der Waals surface area (Å²) in [5, 5.41) is 10.7. The van der Waals surface area contributed by atoms with Gasteiger partial charge in [0.25, 0.3) is 0 Å². The lowest BCUT2D eigenvalue weighted by molar-refractivity contribution is 0.559. The number of hydrogen-bond acceptors (Lipinski definition) is 6. The van der Waals surface area contributed by atoms with Crippen LogP contribution in [0.4, 0.5) is 0 Å². The number of fused-ring (bicyclic) bond motifs is 1. The minimum absolute atomic E-state index is 0.343. The van der Waals surface area contributed by atoms with Crippen LogP contribution in [0.2, 0.25) is 0 Å². The molecule has 0 unspecified atom stereocenters. The van der Waals surface area contributed by atoms with E-state index in [9.17, 15) is 4.79 Å². The molecule has 0 amide bonds. The summed E-state index contributed by atoms with van der Waals surface area (Å²) in [7, 11) is 0. The maximum Gasteiger partial charge on any atom is 0.336 e. The molecule has 0 aliphatic rings. The molecule has 6 nitrogen and oxygen atoms in total. The van der Waals surface area contributed by atoms with Gasteiger partial charge in [-0.2, -0.15) is 0 Å². The Morgan fingerprint density at radius 3 is 2.53 bits per heavy atom. The van der Waals surface area contributed by atoms with E-state index >= 15 is 0 Å². The van der Waals surface area contributed by atoms with Crippen molar-refractivity contribution < 1.29 is 4.42 Å². The molecule has 0 saturated carbocycles. The molecule has 7 heteroatoms. The van der Waals surface area contributed by atoms with Crippen molar-refractivity contribution in [3.63, 3.8) is 0 Å². The molecule has 3 heterocycles. The van der Waals surface area contributed by atoms with Crippen molar-refractivity contribution in [2.24, 2.45) is 0 Å². The average Bonchev–Trinajstić information content (AvgIpc) is 3.28. The summed E-state index contributed by atoms with van der Waals surface area (Å²) in [4.78, 5) is 16.4. The van der Waals surface area contributed by atoms with Crippen LogP contribution >= 0.6 is 11.8 Å². The predicted octanol–water partition coefficient (Wildman–Crippen LogP) is 5.91. The highest BCUT2D eigenvalue weighted by atomic mass is 32.2. The number of thioether (sulfide) groups is 1. The van der Waals surface area contributed by atoms with Crippen LogP contribution in [-0.2, 0) is 12.2 Å². The highest BCUT2D eigenvalue weighted by molar-refractivity contribution is 7.98. The first-order valence-corrected chi connectivity index (χ1v) is 12.1. The molecular weight excluding hydrogens is 444 g/mol. The molecule has 0 spiro atoms. The molecule has 0 N–H and O–H groups in total. The van der Waals surface area contributed by atoms with Gasteiger partial charge in [0.2, 0.25) is 0 Å². The Hall–Kier alpha value is -3.71. The van der Waals surface area contributed by atoms with E-state index in [1.165, 1.54) is 11.1 Å². The quantitative estimate of drug-likeness (QED) is 0.228. The van der Waals surface area contributed by atoms with Crippen molar-refractivity contribution in [1.29, 1.82) is 0 Å². The second-order valence-electron chi connectivity index (χ2n) is 8.21. The fourth-order valence-corrected chi connectivity index (χ4v) is 4.85. The highest BCUT2D eigenvalue weighted by Gasteiger charge is 2.18. The van der Waals surface area contributed by atoms with E-state index < -0.39 is 0 Å². The van der Waals surface area contributed by atoms with Crippen LogP contribution in [0.5, 0.6) is 0 Å². The predicted molar refractivity (Wildman–Crippen MR) is 135 cm³/mol. The van der Waals surface area contributed by atoms with Crippen LogP contribution in [-0.4, -0.2) is 19.7 Å². The monoisotopic (exact) mass is 468 g/mol. The fourth-order valence-electron chi connectivity index (χ4n) is 3.90. The molecule has 3 aromatic heterocycles. The van der Waals surface area contributed by atoms with Gasteiger partial charge in [-0.25, -0.2) is 4.79 Å². The molecule has 0 bridgehead atoms. The van der Waals surface area contributed by atoms with Gasteiger partial charge < -0.3 is 4.42 Å². The molecule has 2 aromatic carbocycles. The number of nitrogens with zero attached hydrogens (tertiary/aromatic N) is 4. The molecular formula is C27H24N4O2S. The number of benzene rings is 2. The SMILES string of the molecule is CCc1ccc2c(CSc3nnc(-c4ccncc4)n3-c3ccc(C)c(C)c3)cc(=O)oc2c1. The van der Waals surface area contributed by atoms with Gasteiger partial charge in [0.05, 0.1) is 5.69 Å². The fraction of sp³-hybridized carbons (Fsp3) is 0.185. The van der Waals surface area contributed by atoms with Crippen molar-refractivity contribution in [2.75, 3.05) is 0 Å². The molecule has 0 radical (unpaired) electrons. The Morgan fingerprint density at radius 2 is 1.76 bits per heavy atom. The van der Waals surface area contributed by atoms with Crippen molar-refractivity contribution in [3.8, 4) is 17.1 Å². The number of pyridine rings is 1. The smallest absolute Gasteiger partial charge is 0.336 e. The zero-order valence-corrected chi connectivity index (χ0v) is 20.1. The number of hydrogen-bond donors (Lipinski definition) is 0. The molecule has 0 fully saturated rings. The Labute approximate surface area is 201 Å². The minimum Gasteiger partial charge on any atom is -0.423 e. The van der Waals surface area contributed by atoms with Crippen molar-refractivity contribution in [1.82, 2.24) is 19.7 Å². The van der Waals surface area contributed by atoms with Gasteiger partial charge in [-0.1, -0.05) is 36.9 Å². The first kappa shape index (κ1) is 22.1. The van der Waals surface area contributed by atoms with Gasteiger partial charge in [-0.3, -0.25) is 9.55 Å². The average molecular weight is 469 g/mol. The lowest BCUT2D eigenvalue weighted by Gasteiger charge is -2.12. The second kappa shape index (κ2) is 9.27. The van der Waals surface area contributed by atoms with Crippen molar-refractivity contribution >= 4 is 22.7 Å². The molecule has 0 aliphatic carbocycles. The van der Waals surface area contributed by atoms with E-state index in [4.69, 9.17) is 4.42 Å². The Morgan fingerprint density at radius 1 is 0.941 bits per heavy atom. The summed E-state index contributed by atoms with van der Waals surface area (Å²) in [6.07, 6.45) is 4.39. The van der Waals surface area contributed by atoms with E-state index in [-0.39, 0.29) is 5.63 Å². The van der Waals surface area contributed by atoms with Crippen molar-refractivity contribution in [2.45, 2.75) is 38.1 Å². The zero-order valence-electron chi connectivity index (χ0n) is 19.3. The van der Waals surface area contributed by atoms with Crippen LogP contribution in [0.3, 0.4) is 0 Å². The molecule has 0 saturated heterocycles. The third-order valence-electron chi connectivity index (χ3n) is 5.98. The van der Waals surface area contributed by atoms with Crippen LogP contribution in [0.1, 0.15) is 29.2 Å². The third kappa shape index (κ3) is 4.26. The third-order valence-corrected chi connectivity index (χ3v) is 6.96. The largest absolute Gasteiger partial charge is 0.423 e. The maximum atomic E-state index is 12.2. The molecule has 0 aliphatic heterocycles. The molecule has 5 rings (SSSR count). The van der Waals surface area contributed by atoms with E-state index in [1.807, 2.05) is 24.3 Å². The molecule has 5 aromatic rings. The van der Waals surface area contributed by atoms with Crippen LogP contribution in [0.25, 0.3) is 28.0 Å². The maximum absolute atomic E-state index is 12.2. The summed E-state index contributed by atoms with van der Waals surface area (Å²) in [6, 6.07) is 17.8. The molecule has 170 valence electrons. The van der Waals surface area contributed by atoms with E-state index in [0.717, 1.165) is 45.2 Å². The molecule has 34 heavy (non-hydrogen) atoms. The first-order chi connectivity index (χ1) is 16.5. The van der Waals surface area contributed by atoms with Crippen molar-refractivity contribution in [3.05, 3.63) is 99.7 Å². The summed E-state index contributed by atoms with van der Waals surface area (Å²) < 4.78 is 7.54. The van der Waals surface area contributed by atoms with Gasteiger partial charge in [-0.05, 0) is 72.9 Å². The Balaban J connectivity index is 1.57. The van der Waals surface area contributed by atoms with Crippen LogP contribution < -0.4 is 5.63 Å². The van der Waals surface area contributed by atoms with Gasteiger partial charge in [0.1, 0.15) is 5.58 Å². The lowest BCUT2D eigenvalue weighted by atomic mass is 10.1. The first-order valence-electron chi connectivity index (χ1n) is 11.2. The number of aromatic nitrogens is 4. The lowest BCUT2D eigenvalue weighted by Crippen LogP contribution is -2.02. The van der Waals surface area contributed by atoms with E-state index in [0.29, 0.717) is 11.3 Å². The van der Waals surface area contributed by atoms with Gasteiger partial charge in [0, 0.05) is 35.2 Å². The summed E-state index contributed by atoms with van der Waals surface area (Å²) in [5.74, 6) is 1.31. The van der Waals surface area contributed by atoms with E-state index in [1.54, 1.807) is 30.2 Å². The zero-order chi connectivity index (χ0) is 23.7. The van der Waals surface area contributed by atoms with Gasteiger partial charge >= 0.3 is 5.63 Å². The van der Waals surface area contributed by atoms with Gasteiger partial charge in [0.15, 0.2) is 11.0 Å². The van der Waals surface area contributed by atoms with Gasteiger partial charge in [-0.15, -0.1) is 10.2 Å². The number of aryl methyl sites for hydroxylation is 3. The Kier molecular flexibility index (Phi) is 6.02. The van der Waals surface area contributed by atoms with Crippen LogP contribution in [0, 0.1) is 13.8 Å². The topological polar surface area (TPSA) is 73.8 Å². The number of rotatable bonds is 6. The Bertz CT molecular complexity index is 1540. The summed E-state index contributed by atoms with van der Waals surface area (Å²) >= 11 is 1.55. The summed E-state index contributed by atoms with van der Waals surface area (Å²) in [5.41, 5.74) is 6.68. The normalized spacial score (nSPS) is 11.3. The van der Waals surface area contributed by atoms with Crippen LogP contribution in [0.15, 0.2) is 81.4 Å². The summed E-state index contributed by atoms with van der Waals surface area (Å²) in [6.45, 7) is 6.28.